The molecular formula is C35H36N4O4S. The highest BCUT2D eigenvalue weighted by atomic mass is 32.1. The molecule has 2 aromatic heterocycles. The van der Waals surface area contributed by atoms with Crippen molar-refractivity contribution in [1.82, 2.24) is 20.6 Å². The first-order valence-corrected chi connectivity index (χ1v) is 15.2. The van der Waals surface area contributed by atoms with Crippen LogP contribution in [0.2, 0.25) is 0 Å². The number of benzene rings is 2. The van der Waals surface area contributed by atoms with Gasteiger partial charge in [0.05, 0.1) is 10.4 Å². The first kappa shape index (κ1) is 32.1. The molecule has 44 heavy (non-hydrogen) atoms. The fourth-order valence-electron chi connectivity index (χ4n) is 4.21. The van der Waals surface area contributed by atoms with E-state index in [1.54, 1.807) is 18.5 Å². The minimum Gasteiger partial charge on any atom is -0.480 e. The fourth-order valence-corrected chi connectivity index (χ4v) is 5.18. The van der Waals surface area contributed by atoms with Crippen molar-refractivity contribution in [2.24, 2.45) is 0 Å². The van der Waals surface area contributed by atoms with Gasteiger partial charge in [0, 0.05) is 34.8 Å². The lowest BCUT2D eigenvalue weighted by atomic mass is 9.95. The molecule has 3 N–H and O–H groups in total. The van der Waals surface area contributed by atoms with E-state index in [0.29, 0.717) is 16.3 Å². The molecule has 0 aliphatic carbocycles. The summed E-state index contributed by atoms with van der Waals surface area (Å²) in [4.78, 5) is 48.0. The van der Waals surface area contributed by atoms with Crippen LogP contribution in [0.15, 0.2) is 73.1 Å². The minimum absolute atomic E-state index is 0.114. The second-order valence-corrected chi connectivity index (χ2v) is 12.6. The largest absolute Gasteiger partial charge is 0.480 e. The highest BCUT2D eigenvalue weighted by Gasteiger charge is 2.26. The topological polar surface area (TPSA) is 121 Å². The number of carboxylic acid groups (broad SMARTS) is 1. The van der Waals surface area contributed by atoms with Gasteiger partial charge < -0.3 is 15.7 Å². The molecular weight excluding hydrogens is 572 g/mol. The van der Waals surface area contributed by atoms with E-state index in [2.05, 4.69) is 72.3 Å². The molecule has 2 amide bonds. The first-order valence-electron chi connectivity index (χ1n) is 14.4. The standard InChI is InChI=1S/C35H36N4O4S/c1-6-23-7-9-24(10-8-23)11-12-26-20-36-31(37-21-26)27-15-13-25(14-16-27)19-28(32(40)38-22(2)34(42)43)39-33(41)29-17-18-30(44-29)35(3,4)5/h7-10,13-18,20-22,28H,6,19H2,1-5H3,(H,38,40)(H,39,41)(H,42,43)/t22-,28+/m1/s1. The number of nitrogens with one attached hydrogen (secondary N) is 2. The number of carbonyl (C=O) groups excluding carboxylic acids is 2. The smallest absolute Gasteiger partial charge is 0.325 e. The summed E-state index contributed by atoms with van der Waals surface area (Å²) in [5.41, 5.74) is 4.32. The monoisotopic (exact) mass is 608 g/mol. The first-order chi connectivity index (χ1) is 20.9. The summed E-state index contributed by atoms with van der Waals surface area (Å²) in [7, 11) is 0. The Labute approximate surface area is 262 Å². The number of aromatic nitrogens is 2. The van der Waals surface area contributed by atoms with Crippen LogP contribution in [-0.2, 0) is 27.8 Å². The molecule has 0 spiro atoms. The van der Waals surface area contributed by atoms with E-state index < -0.39 is 24.0 Å². The summed E-state index contributed by atoms with van der Waals surface area (Å²) in [6.45, 7) is 9.68. The van der Waals surface area contributed by atoms with Crippen molar-refractivity contribution in [2.45, 2.75) is 65.0 Å². The van der Waals surface area contributed by atoms with Crippen molar-refractivity contribution >= 4 is 29.1 Å². The normalized spacial score (nSPS) is 12.4. The highest BCUT2D eigenvalue weighted by molar-refractivity contribution is 7.14. The number of nitrogens with zero attached hydrogens (tertiary/aromatic N) is 2. The number of amides is 2. The molecule has 0 unspecified atom stereocenters. The number of hydrogen-bond acceptors (Lipinski definition) is 6. The van der Waals surface area contributed by atoms with Crippen LogP contribution in [-0.4, -0.2) is 44.9 Å². The zero-order chi connectivity index (χ0) is 31.9. The fraction of sp³-hybridized carbons (Fsp3) is 0.286. The van der Waals surface area contributed by atoms with Crippen LogP contribution < -0.4 is 10.6 Å². The van der Waals surface area contributed by atoms with Crippen LogP contribution in [0.3, 0.4) is 0 Å². The minimum atomic E-state index is -1.16. The van der Waals surface area contributed by atoms with Gasteiger partial charge in [0.1, 0.15) is 12.1 Å². The number of hydrogen-bond donors (Lipinski definition) is 3. The number of aliphatic carboxylic acids is 1. The van der Waals surface area contributed by atoms with Gasteiger partial charge in [-0.3, -0.25) is 14.4 Å². The second kappa shape index (κ2) is 14.1. The average Bonchev–Trinajstić information content (AvgIpc) is 3.52. The van der Waals surface area contributed by atoms with E-state index >= 15 is 0 Å². The van der Waals surface area contributed by atoms with E-state index in [9.17, 15) is 19.5 Å². The van der Waals surface area contributed by atoms with Crippen molar-refractivity contribution in [3.05, 3.63) is 105 Å². The Morgan fingerprint density at radius 2 is 1.48 bits per heavy atom. The zero-order valence-corrected chi connectivity index (χ0v) is 26.3. The van der Waals surface area contributed by atoms with Crippen LogP contribution in [0.4, 0.5) is 0 Å². The summed E-state index contributed by atoms with van der Waals surface area (Å²) in [5.74, 6) is 4.62. The van der Waals surface area contributed by atoms with Gasteiger partial charge in [-0.1, -0.05) is 75.9 Å². The summed E-state index contributed by atoms with van der Waals surface area (Å²) in [6, 6.07) is 17.1. The van der Waals surface area contributed by atoms with Crippen LogP contribution in [0.25, 0.3) is 11.4 Å². The zero-order valence-electron chi connectivity index (χ0n) is 25.5. The van der Waals surface area contributed by atoms with Gasteiger partial charge in [0.15, 0.2) is 5.82 Å². The van der Waals surface area contributed by atoms with Gasteiger partial charge in [-0.25, -0.2) is 9.97 Å². The van der Waals surface area contributed by atoms with E-state index in [0.717, 1.165) is 28.0 Å². The van der Waals surface area contributed by atoms with Crippen LogP contribution in [0.5, 0.6) is 0 Å². The van der Waals surface area contributed by atoms with Crippen molar-refractivity contribution in [3.8, 4) is 23.2 Å². The second-order valence-electron chi connectivity index (χ2n) is 11.5. The SMILES string of the molecule is CCc1ccc(C#Cc2cnc(-c3ccc(C[C@H](NC(=O)c4ccc(C(C)(C)C)s4)C(=O)N[C@H](C)C(=O)O)cc3)nc2)cc1. The van der Waals surface area contributed by atoms with Crippen molar-refractivity contribution in [3.63, 3.8) is 0 Å². The number of thiophene rings is 1. The van der Waals surface area contributed by atoms with Gasteiger partial charge in [-0.15, -0.1) is 11.3 Å². The maximum atomic E-state index is 13.1. The Morgan fingerprint density at radius 1 is 0.864 bits per heavy atom. The molecule has 0 radical (unpaired) electrons. The Morgan fingerprint density at radius 3 is 2.05 bits per heavy atom. The third-order valence-corrected chi connectivity index (χ3v) is 8.45. The van der Waals surface area contributed by atoms with E-state index in [4.69, 9.17) is 0 Å². The van der Waals surface area contributed by atoms with Gasteiger partial charge in [0.2, 0.25) is 5.91 Å². The molecule has 4 rings (SSSR count). The Bertz CT molecular complexity index is 1680. The lowest BCUT2D eigenvalue weighted by Gasteiger charge is -2.20. The highest BCUT2D eigenvalue weighted by Crippen LogP contribution is 2.29. The molecule has 0 bridgehead atoms. The van der Waals surface area contributed by atoms with Crippen LogP contribution in [0.1, 0.15) is 71.4 Å². The molecule has 0 aliphatic heterocycles. The van der Waals surface area contributed by atoms with Crippen LogP contribution >= 0.6 is 11.3 Å². The van der Waals surface area contributed by atoms with E-state index in [1.165, 1.54) is 23.8 Å². The third-order valence-electron chi connectivity index (χ3n) is 6.94. The molecule has 0 saturated carbocycles. The van der Waals surface area contributed by atoms with Crippen molar-refractivity contribution in [2.75, 3.05) is 0 Å². The van der Waals surface area contributed by atoms with Gasteiger partial charge >= 0.3 is 5.97 Å². The number of rotatable bonds is 9. The van der Waals surface area contributed by atoms with E-state index in [1.807, 2.05) is 42.5 Å². The quantitative estimate of drug-likeness (QED) is 0.219. The third kappa shape index (κ3) is 8.62. The predicted molar refractivity (Wildman–Crippen MR) is 172 cm³/mol. The van der Waals surface area contributed by atoms with Gasteiger partial charge in [-0.2, -0.15) is 0 Å². The Kier molecular flexibility index (Phi) is 10.3. The lowest BCUT2D eigenvalue weighted by Crippen LogP contribution is -2.51. The summed E-state index contributed by atoms with van der Waals surface area (Å²) in [5, 5.41) is 14.6. The molecule has 2 heterocycles. The number of carboxylic acids is 1. The van der Waals surface area contributed by atoms with Crippen LogP contribution in [0, 0.1) is 11.8 Å². The van der Waals surface area contributed by atoms with Gasteiger partial charge in [-0.05, 0) is 54.2 Å². The summed E-state index contributed by atoms with van der Waals surface area (Å²) < 4.78 is 0. The van der Waals surface area contributed by atoms with Gasteiger partial charge in [0.25, 0.3) is 5.91 Å². The average molecular weight is 609 g/mol. The molecule has 226 valence electrons. The molecule has 2 aromatic carbocycles. The molecule has 4 aromatic rings. The lowest BCUT2D eigenvalue weighted by molar-refractivity contribution is -0.141. The molecule has 8 nitrogen and oxygen atoms in total. The van der Waals surface area contributed by atoms with Crippen molar-refractivity contribution in [1.29, 1.82) is 0 Å². The number of aryl methyl sites for hydroxylation is 1. The molecule has 2 atom stereocenters. The Balaban J connectivity index is 1.46. The number of carbonyl (C=O) groups is 3. The van der Waals surface area contributed by atoms with E-state index in [-0.39, 0.29) is 17.7 Å². The summed E-state index contributed by atoms with van der Waals surface area (Å²) in [6.07, 6.45) is 4.50. The molecule has 0 fully saturated rings. The predicted octanol–water partition coefficient (Wildman–Crippen LogP) is 5.40. The molecule has 0 saturated heterocycles. The maximum absolute atomic E-state index is 13.1. The molecule has 0 aliphatic rings. The van der Waals surface area contributed by atoms with Crippen molar-refractivity contribution < 1.29 is 19.5 Å². The summed E-state index contributed by atoms with van der Waals surface area (Å²) >= 11 is 1.37. The maximum Gasteiger partial charge on any atom is 0.325 e. The molecule has 9 heteroatoms. The Hall–Kier alpha value is -4.81.